The minimum absolute atomic E-state index is 0.0475. The molecule has 1 N–H and O–H groups in total. The summed E-state index contributed by atoms with van der Waals surface area (Å²) in [5.41, 5.74) is -0.294. The summed E-state index contributed by atoms with van der Waals surface area (Å²) in [6, 6.07) is 9.61. The lowest BCUT2D eigenvalue weighted by molar-refractivity contribution is -0.152. The maximum absolute atomic E-state index is 12.3. The molecule has 150 valence electrons. The summed E-state index contributed by atoms with van der Waals surface area (Å²) in [6.45, 7) is 5.00. The number of nitriles is 1. The fourth-order valence-electron chi connectivity index (χ4n) is 2.78. The smallest absolute Gasteiger partial charge is 0.311 e. The Kier molecular flexibility index (Phi) is 7.08. The van der Waals surface area contributed by atoms with Gasteiger partial charge >= 0.3 is 5.97 Å². The molecule has 0 saturated carbocycles. The largest absolute Gasteiger partial charge is 0.455 e. The van der Waals surface area contributed by atoms with Crippen LogP contribution in [0.15, 0.2) is 29.2 Å². The van der Waals surface area contributed by atoms with Gasteiger partial charge < -0.3 is 15.0 Å². The minimum atomic E-state index is -1.04. The van der Waals surface area contributed by atoms with Crippen LogP contribution in [0, 0.1) is 23.2 Å². The maximum Gasteiger partial charge on any atom is 0.311 e. The molecule has 1 fully saturated rings. The molecular formula is C20H25N3O4S. The second-order valence-corrected chi connectivity index (χ2v) is 8.11. The van der Waals surface area contributed by atoms with Gasteiger partial charge in [-0.3, -0.25) is 14.4 Å². The van der Waals surface area contributed by atoms with Crippen LogP contribution in [0.2, 0.25) is 0 Å². The van der Waals surface area contributed by atoms with Crippen molar-refractivity contribution >= 4 is 35.2 Å². The zero-order valence-corrected chi connectivity index (χ0v) is 17.3. The molecule has 1 aliphatic heterocycles. The Labute approximate surface area is 169 Å². The SMILES string of the molecule is CSc1cccc(N2C[C@@H](C(=O)OCC(=O)N[C@](C)(C#N)C(C)C)CC2=O)c1. The third kappa shape index (κ3) is 5.04. The molecule has 0 aliphatic carbocycles. The Bertz CT molecular complexity index is 805. The van der Waals surface area contributed by atoms with Crippen molar-refractivity contribution in [2.75, 3.05) is 24.3 Å². The number of esters is 1. The molecular weight excluding hydrogens is 378 g/mol. The standard InChI is InChI=1S/C20H25N3O4S/c1-13(2)20(3,12-21)22-17(24)11-27-19(26)14-8-18(25)23(10-14)15-6-5-7-16(9-15)28-4/h5-7,9,13-14H,8,10-11H2,1-4H3,(H,22,24)/t14-,20+/m0/s1. The first-order valence-corrected chi connectivity index (χ1v) is 10.3. The van der Waals surface area contributed by atoms with E-state index < -0.39 is 29.9 Å². The second kappa shape index (κ2) is 9.11. The number of carbonyl (C=O) groups is 3. The van der Waals surface area contributed by atoms with E-state index in [9.17, 15) is 19.6 Å². The zero-order valence-electron chi connectivity index (χ0n) is 16.5. The average molecular weight is 404 g/mol. The highest BCUT2D eigenvalue weighted by atomic mass is 32.2. The molecule has 0 spiro atoms. The molecule has 2 rings (SSSR count). The topological polar surface area (TPSA) is 99.5 Å². The first-order chi connectivity index (χ1) is 13.2. The predicted octanol–water partition coefficient (Wildman–Crippen LogP) is 2.36. The molecule has 8 heteroatoms. The Morgan fingerprint density at radius 1 is 1.46 bits per heavy atom. The Morgan fingerprint density at radius 2 is 2.18 bits per heavy atom. The highest BCUT2D eigenvalue weighted by molar-refractivity contribution is 7.98. The van der Waals surface area contributed by atoms with E-state index in [4.69, 9.17) is 4.74 Å². The number of anilines is 1. The number of hydrogen-bond donors (Lipinski definition) is 1. The van der Waals surface area contributed by atoms with Gasteiger partial charge in [0.2, 0.25) is 5.91 Å². The zero-order chi connectivity index (χ0) is 20.9. The van der Waals surface area contributed by atoms with Crippen LogP contribution in [-0.4, -0.2) is 42.7 Å². The molecule has 0 radical (unpaired) electrons. The van der Waals surface area contributed by atoms with Crippen molar-refractivity contribution in [2.45, 2.75) is 37.6 Å². The molecule has 2 atom stereocenters. The van der Waals surface area contributed by atoms with Crippen LogP contribution in [0.1, 0.15) is 27.2 Å². The third-order valence-corrected chi connectivity index (χ3v) is 5.68. The first kappa shape index (κ1) is 21.8. The summed E-state index contributed by atoms with van der Waals surface area (Å²) in [4.78, 5) is 39.3. The van der Waals surface area contributed by atoms with E-state index in [1.807, 2.05) is 44.4 Å². The van der Waals surface area contributed by atoms with Gasteiger partial charge in [-0.25, -0.2) is 0 Å². The number of nitrogens with zero attached hydrogens (tertiary/aromatic N) is 2. The molecule has 0 bridgehead atoms. The third-order valence-electron chi connectivity index (χ3n) is 4.95. The van der Waals surface area contributed by atoms with E-state index >= 15 is 0 Å². The van der Waals surface area contributed by atoms with E-state index in [-0.39, 0.29) is 24.8 Å². The van der Waals surface area contributed by atoms with Gasteiger partial charge in [-0.1, -0.05) is 19.9 Å². The van der Waals surface area contributed by atoms with Crippen molar-refractivity contribution < 1.29 is 19.1 Å². The minimum Gasteiger partial charge on any atom is -0.455 e. The summed E-state index contributed by atoms with van der Waals surface area (Å²) in [5, 5.41) is 11.8. The maximum atomic E-state index is 12.3. The lowest BCUT2D eigenvalue weighted by atomic mass is 9.90. The number of hydrogen-bond acceptors (Lipinski definition) is 6. The molecule has 28 heavy (non-hydrogen) atoms. The van der Waals surface area contributed by atoms with Gasteiger partial charge in [-0.05, 0) is 37.3 Å². The highest BCUT2D eigenvalue weighted by Gasteiger charge is 2.37. The Balaban J connectivity index is 1.92. The molecule has 1 aromatic carbocycles. The van der Waals surface area contributed by atoms with Crippen molar-refractivity contribution in [1.29, 1.82) is 5.26 Å². The molecule has 7 nitrogen and oxygen atoms in total. The summed E-state index contributed by atoms with van der Waals surface area (Å²) in [5.74, 6) is -2.00. The number of rotatable bonds is 7. The number of thioether (sulfide) groups is 1. The molecule has 0 unspecified atom stereocenters. The normalized spacial score (nSPS) is 18.5. The van der Waals surface area contributed by atoms with Gasteiger partial charge in [0.25, 0.3) is 5.91 Å². The van der Waals surface area contributed by atoms with Crippen molar-refractivity contribution in [3.63, 3.8) is 0 Å². The van der Waals surface area contributed by atoms with Crippen molar-refractivity contribution in [3.8, 4) is 6.07 Å². The van der Waals surface area contributed by atoms with E-state index in [1.165, 1.54) is 0 Å². The first-order valence-electron chi connectivity index (χ1n) is 9.03. The lowest BCUT2D eigenvalue weighted by Gasteiger charge is -2.27. The van der Waals surface area contributed by atoms with Crippen LogP contribution in [-0.2, 0) is 19.1 Å². The van der Waals surface area contributed by atoms with Crippen LogP contribution in [0.25, 0.3) is 0 Å². The Morgan fingerprint density at radius 3 is 2.79 bits per heavy atom. The van der Waals surface area contributed by atoms with Crippen LogP contribution in [0.3, 0.4) is 0 Å². The van der Waals surface area contributed by atoms with Gasteiger partial charge in [-0.15, -0.1) is 11.8 Å². The quantitative estimate of drug-likeness (QED) is 0.554. The van der Waals surface area contributed by atoms with Crippen LogP contribution >= 0.6 is 11.8 Å². The van der Waals surface area contributed by atoms with Crippen LogP contribution in [0.4, 0.5) is 5.69 Å². The lowest BCUT2D eigenvalue weighted by Crippen LogP contribution is -2.50. The number of nitrogens with one attached hydrogen (secondary N) is 1. The summed E-state index contributed by atoms with van der Waals surface area (Å²) in [6.07, 6.45) is 2.00. The number of ether oxygens (including phenoxy) is 1. The van der Waals surface area contributed by atoms with E-state index in [0.29, 0.717) is 0 Å². The molecule has 1 heterocycles. The fraction of sp³-hybridized carbons (Fsp3) is 0.500. The molecule has 0 aromatic heterocycles. The molecule has 2 amide bonds. The van der Waals surface area contributed by atoms with Gasteiger partial charge in [-0.2, -0.15) is 5.26 Å². The highest BCUT2D eigenvalue weighted by Crippen LogP contribution is 2.28. The summed E-state index contributed by atoms with van der Waals surface area (Å²) < 4.78 is 5.09. The fourth-order valence-corrected chi connectivity index (χ4v) is 3.23. The monoisotopic (exact) mass is 403 g/mol. The average Bonchev–Trinajstić information content (AvgIpc) is 3.07. The second-order valence-electron chi connectivity index (χ2n) is 7.23. The van der Waals surface area contributed by atoms with Crippen LogP contribution in [0.5, 0.6) is 0 Å². The number of benzene rings is 1. The van der Waals surface area contributed by atoms with Crippen molar-refractivity contribution in [3.05, 3.63) is 24.3 Å². The van der Waals surface area contributed by atoms with E-state index in [2.05, 4.69) is 11.4 Å². The van der Waals surface area contributed by atoms with Gasteiger partial charge in [0.1, 0.15) is 5.54 Å². The van der Waals surface area contributed by atoms with E-state index in [1.54, 1.807) is 23.6 Å². The Hall–Kier alpha value is -2.53. The molecule has 1 saturated heterocycles. The van der Waals surface area contributed by atoms with Crippen LogP contribution < -0.4 is 10.2 Å². The number of amides is 2. The van der Waals surface area contributed by atoms with Crippen molar-refractivity contribution in [1.82, 2.24) is 5.32 Å². The summed E-state index contributed by atoms with van der Waals surface area (Å²) in [7, 11) is 0. The number of carbonyl (C=O) groups excluding carboxylic acids is 3. The predicted molar refractivity (Wildman–Crippen MR) is 107 cm³/mol. The van der Waals surface area contributed by atoms with E-state index in [0.717, 1.165) is 10.6 Å². The molecule has 1 aromatic rings. The summed E-state index contributed by atoms with van der Waals surface area (Å²) >= 11 is 1.57. The van der Waals surface area contributed by atoms with Crippen molar-refractivity contribution in [2.24, 2.45) is 11.8 Å². The van der Waals surface area contributed by atoms with Gasteiger partial charge in [0.15, 0.2) is 6.61 Å². The van der Waals surface area contributed by atoms with Gasteiger partial charge in [0.05, 0.1) is 12.0 Å². The molecule has 1 aliphatic rings. The van der Waals surface area contributed by atoms with Gasteiger partial charge in [0, 0.05) is 23.5 Å².